The maximum atomic E-state index is 13.1. The Labute approximate surface area is 179 Å². The standard InChI is InChI=1S/C21H23ClN4O4/c1-30-18-13-17(24-6-2-3-7-24)16(22)12-15(18)20(28)25-8-10-26(11-9-25)21(29)19(27)23-14-4-5-14/h2-3,6-7,12-14H,4-5,8-11H2,1H3,(H,23,27). The van der Waals surface area contributed by atoms with Crippen LogP contribution in [0.25, 0.3) is 5.69 Å². The molecule has 2 fully saturated rings. The van der Waals surface area contributed by atoms with Crippen molar-refractivity contribution in [2.24, 2.45) is 0 Å². The minimum Gasteiger partial charge on any atom is -0.496 e. The molecule has 1 N–H and O–H groups in total. The smallest absolute Gasteiger partial charge is 0.312 e. The van der Waals surface area contributed by atoms with Crippen molar-refractivity contribution in [2.75, 3.05) is 33.3 Å². The highest BCUT2D eigenvalue weighted by Crippen LogP contribution is 2.31. The maximum Gasteiger partial charge on any atom is 0.312 e. The molecule has 0 spiro atoms. The van der Waals surface area contributed by atoms with Gasteiger partial charge >= 0.3 is 11.8 Å². The zero-order valence-corrected chi connectivity index (χ0v) is 17.4. The monoisotopic (exact) mass is 430 g/mol. The van der Waals surface area contributed by atoms with Crippen molar-refractivity contribution < 1.29 is 19.1 Å². The molecule has 1 saturated heterocycles. The predicted octanol–water partition coefficient (Wildman–Crippen LogP) is 1.70. The number of carbonyl (C=O) groups excluding carboxylic acids is 3. The van der Waals surface area contributed by atoms with Crippen LogP contribution < -0.4 is 10.1 Å². The molecule has 8 nitrogen and oxygen atoms in total. The zero-order chi connectivity index (χ0) is 21.3. The van der Waals surface area contributed by atoms with Crippen molar-refractivity contribution in [2.45, 2.75) is 18.9 Å². The van der Waals surface area contributed by atoms with Gasteiger partial charge in [0, 0.05) is 50.7 Å². The Morgan fingerprint density at radius 3 is 2.27 bits per heavy atom. The molecule has 0 bridgehead atoms. The second-order valence-corrected chi connectivity index (χ2v) is 7.83. The number of carbonyl (C=O) groups is 3. The van der Waals surface area contributed by atoms with Gasteiger partial charge < -0.3 is 24.4 Å². The van der Waals surface area contributed by atoms with Crippen molar-refractivity contribution in [3.63, 3.8) is 0 Å². The van der Waals surface area contributed by atoms with Gasteiger partial charge in [-0.2, -0.15) is 0 Å². The first-order chi connectivity index (χ1) is 14.5. The fraction of sp³-hybridized carbons (Fsp3) is 0.381. The average Bonchev–Trinajstić information content (AvgIpc) is 3.41. The third-order valence-electron chi connectivity index (χ3n) is 5.34. The molecular weight excluding hydrogens is 408 g/mol. The van der Waals surface area contributed by atoms with Gasteiger partial charge in [0.05, 0.1) is 23.4 Å². The Morgan fingerprint density at radius 2 is 1.67 bits per heavy atom. The average molecular weight is 431 g/mol. The normalized spacial score (nSPS) is 16.3. The van der Waals surface area contributed by atoms with Crippen LogP contribution >= 0.6 is 11.6 Å². The van der Waals surface area contributed by atoms with Crippen molar-refractivity contribution in [3.8, 4) is 11.4 Å². The van der Waals surface area contributed by atoms with Crippen molar-refractivity contribution >= 4 is 29.3 Å². The Kier molecular flexibility index (Phi) is 5.67. The molecule has 2 heterocycles. The summed E-state index contributed by atoms with van der Waals surface area (Å²) in [6.07, 6.45) is 5.57. The van der Waals surface area contributed by atoms with Crippen LogP contribution in [0.4, 0.5) is 0 Å². The highest BCUT2D eigenvalue weighted by atomic mass is 35.5. The van der Waals surface area contributed by atoms with Crippen LogP contribution in [0.5, 0.6) is 5.75 Å². The van der Waals surface area contributed by atoms with Gasteiger partial charge in [-0.15, -0.1) is 0 Å². The number of amides is 3. The molecule has 2 aromatic rings. The van der Waals surface area contributed by atoms with Crippen LogP contribution in [-0.4, -0.2) is 71.4 Å². The molecule has 1 aliphatic heterocycles. The number of aromatic nitrogens is 1. The molecule has 0 radical (unpaired) electrons. The van der Waals surface area contributed by atoms with Crippen LogP contribution in [0.1, 0.15) is 23.2 Å². The Balaban J connectivity index is 1.44. The first kappa shape index (κ1) is 20.3. The van der Waals surface area contributed by atoms with Gasteiger partial charge in [0.25, 0.3) is 5.91 Å². The number of benzene rings is 1. The number of hydrogen-bond acceptors (Lipinski definition) is 4. The van der Waals surface area contributed by atoms with Gasteiger partial charge in [0.15, 0.2) is 0 Å². The summed E-state index contributed by atoms with van der Waals surface area (Å²) in [5, 5.41) is 3.14. The number of methoxy groups -OCH3 is 1. The van der Waals surface area contributed by atoms with Crippen molar-refractivity contribution in [1.82, 2.24) is 19.7 Å². The minimum absolute atomic E-state index is 0.135. The van der Waals surface area contributed by atoms with Gasteiger partial charge in [-0.1, -0.05) is 11.6 Å². The molecule has 3 amide bonds. The molecule has 9 heteroatoms. The van der Waals surface area contributed by atoms with E-state index in [0.29, 0.717) is 48.2 Å². The molecule has 2 aliphatic rings. The van der Waals surface area contributed by atoms with Gasteiger partial charge in [-0.05, 0) is 31.0 Å². The molecule has 1 aliphatic carbocycles. The van der Waals surface area contributed by atoms with E-state index in [1.165, 1.54) is 12.0 Å². The lowest BCUT2D eigenvalue weighted by Crippen LogP contribution is -2.54. The largest absolute Gasteiger partial charge is 0.496 e. The van der Waals surface area contributed by atoms with Crippen molar-refractivity contribution in [1.29, 1.82) is 0 Å². The minimum atomic E-state index is -0.564. The summed E-state index contributed by atoms with van der Waals surface area (Å²) in [6.45, 7) is 1.28. The number of halogens is 1. The summed E-state index contributed by atoms with van der Waals surface area (Å²) in [4.78, 5) is 40.5. The fourth-order valence-electron chi connectivity index (χ4n) is 3.47. The maximum absolute atomic E-state index is 13.1. The molecule has 1 saturated carbocycles. The van der Waals surface area contributed by atoms with Gasteiger partial charge in [-0.3, -0.25) is 14.4 Å². The lowest BCUT2D eigenvalue weighted by atomic mass is 10.1. The third kappa shape index (κ3) is 4.14. The second-order valence-electron chi connectivity index (χ2n) is 7.43. The lowest BCUT2D eigenvalue weighted by molar-refractivity contribution is -0.146. The van der Waals surface area contributed by atoms with E-state index in [1.54, 1.807) is 17.0 Å². The van der Waals surface area contributed by atoms with Gasteiger partial charge in [0.2, 0.25) is 0 Å². The Hall–Kier alpha value is -3.00. The van der Waals surface area contributed by atoms with E-state index in [2.05, 4.69) is 5.32 Å². The number of nitrogens with zero attached hydrogens (tertiary/aromatic N) is 3. The summed E-state index contributed by atoms with van der Waals surface area (Å²) in [7, 11) is 1.51. The topological polar surface area (TPSA) is 83.9 Å². The zero-order valence-electron chi connectivity index (χ0n) is 16.6. The van der Waals surface area contributed by atoms with E-state index in [1.807, 2.05) is 29.1 Å². The van der Waals surface area contributed by atoms with Gasteiger partial charge in [0.1, 0.15) is 5.75 Å². The predicted molar refractivity (Wildman–Crippen MR) is 111 cm³/mol. The number of piperazine rings is 1. The summed E-state index contributed by atoms with van der Waals surface area (Å²) in [6, 6.07) is 7.24. The van der Waals surface area contributed by atoms with E-state index in [9.17, 15) is 14.4 Å². The van der Waals surface area contributed by atoms with E-state index in [4.69, 9.17) is 16.3 Å². The van der Waals surface area contributed by atoms with Crippen LogP contribution in [0.2, 0.25) is 5.02 Å². The van der Waals surface area contributed by atoms with Crippen LogP contribution in [0, 0.1) is 0 Å². The molecule has 0 atom stereocenters. The summed E-state index contributed by atoms with van der Waals surface area (Å²) >= 11 is 6.43. The highest BCUT2D eigenvalue weighted by Gasteiger charge is 2.32. The molecule has 158 valence electrons. The summed E-state index contributed by atoms with van der Waals surface area (Å²) < 4.78 is 7.29. The first-order valence-electron chi connectivity index (χ1n) is 9.88. The highest BCUT2D eigenvalue weighted by molar-refractivity contribution is 6.35. The second kappa shape index (κ2) is 8.39. The van der Waals surface area contributed by atoms with E-state index < -0.39 is 11.8 Å². The quantitative estimate of drug-likeness (QED) is 0.748. The third-order valence-corrected chi connectivity index (χ3v) is 5.65. The number of hydrogen-bond donors (Lipinski definition) is 1. The van der Waals surface area contributed by atoms with E-state index in [-0.39, 0.29) is 11.9 Å². The molecule has 1 aromatic heterocycles. The summed E-state index contributed by atoms with van der Waals surface area (Å²) in [5.41, 5.74) is 1.08. The van der Waals surface area contributed by atoms with E-state index >= 15 is 0 Å². The number of ether oxygens (including phenoxy) is 1. The summed E-state index contributed by atoms with van der Waals surface area (Å²) in [5.74, 6) is -0.894. The molecule has 4 rings (SSSR count). The lowest BCUT2D eigenvalue weighted by Gasteiger charge is -2.34. The SMILES string of the molecule is COc1cc(-n2cccc2)c(Cl)cc1C(=O)N1CCN(C(=O)C(=O)NC2CC2)CC1. The van der Waals surface area contributed by atoms with Crippen molar-refractivity contribution in [3.05, 3.63) is 47.2 Å². The number of nitrogens with one attached hydrogen (secondary N) is 1. The van der Waals surface area contributed by atoms with Crippen LogP contribution in [0.3, 0.4) is 0 Å². The van der Waals surface area contributed by atoms with E-state index in [0.717, 1.165) is 12.8 Å². The Morgan fingerprint density at radius 1 is 1.03 bits per heavy atom. The Bertz CT molecular complexity index is 964. The molecule has 1 aromatic carbocycles. The molecule has 30 heavy (non-hydrogen) atoms. The first-order valence-corrected chi connectivity index (χ1v) is 10.3. The molecular formula is C21H23ClN4O4. The fourth-order valence-corrected chi connectivity index (χ4v) is 3.73. The number of rotatable bonds is 4. The molecule has 0 unspecified atom stereocenters. The van der Waals surface area contributed by atoms with Crippen LogP contribution in [-0.2, 0) is 9.59 Å². The van der Waals surface area contributed by atoms with Crippen LogP contribution in [0.15, 0.2) is 36.7 Å². The van der Waals surface area contributed by atoms with Gasteiger partial charge in [-0.25, -0.2) is 0 Å².